The van der Waals surface area contributed by atoms with E-state index in [4.69, 9.17) is 34.8 Å². The summed E-state index contributed by atoms with van der Waals surface area (Å²) in [6.07, 6.45) is 9.28. The Kier molecular flexibility index (Phi) is 8.22. The van der Waals surface area contributed by atoms with Crippen LogP contribution in [0.3, 0.4) is 0 Å². The first-order valence-electron chi connectivity index (χ1n) is 14.3. The molecular weight excluding hydrogens is 615 g/mol. The first-order chi connectivity index (χ1) is 20.1. The highest BCUT2D eigenvalue weighted by molar-refractivity contribution is 7.89. The van der Waals surface area contributed by atoms with Crippen LogP contribution in [0.2, 0.25) is 15.1 Å². The fraction of sp³-hybridized carbons (Fsp3) is 0.419. The van der Waals surface area contributed by atoms with Gasteiger partial charge in [-0.25, -0.2) is 8.42 Å². The number of benzene rings is 2. The molecule has 0 bridgehead atoms. The van der Waals surface area contributed by atoms with E-state index in [1.807, 2.05) is 35.5 Å². The fourth-order valence-electron chi connectivity index (χ4n) is 6.78. The van der Waals surface area contributed by atoms with Crippen molar-refractivity contribution >= 4 is 56.4 Å². The van der Waals surface area contributed by atoms with Gasteiger partial charge >= 0.3 is 0 Å². The van der Waals surface area contributed by atoms with E-state index >= 15 is 0 Å². The first kappa shape index (κ1) is 29.7. The average Bonchev–Trinajstić information content (AvgIpc) is 3.42. The van der Waals surface area contributed by atoms with Crippen LogP contribution in [0.15, 0.2) is 59.8 Å². The van der Waals surface area contributed by atoms with Gasteiger partial charge in [-0.15, -0.1) is 0 Å². The lowest BCUT2D eigenvalue weighted by Crippen LogP contribution is -2.48. The zero-order valence-electron chi connectivity index (χ0n) is 23.4. The summed E-state index contributed by atoms with van der Waals surface area (Å²) >= 11 is 18.4. The molecule has 0 radical (unpaired) electrons. The lowest BCUT2D eigenvalue weighted by Gasteiger charge is -2.47. The third-order valence-electron chi connectivity index (χ3n) is 9.47. The maximum absolute atomic E-state index is 13.7. The minimum Gasteiger partial charge on any atom is -0.371 e. The topological polar surface area (TPSA) is 73.8 Å². The van der Waals surface area contributed by atoms with Crippen molar-refractivity contribution in [3.05, 3.63) is 86.6 Å². The summed E-state index contributed by atoms with van der Waals surface area (Å²) in [5, 5.41) is 0.330. The summed E-state index contributed by atoms with van der Waals surface area (Å²) in [4.78, 5) is 22.1. The molecule has 2 fully saturated rings. The van der Waals surface area contributed by atoms with Gasteiger partial charge in [-0.05, 0) is 91.5 Å². The molecule has 1 atom stereocenters. The van der Waals surface area contributed by atoms with Gasteiger partial charge in [-0.1, -0.05) is 40.9 Å². The van der Waals surface area contributed by atoms with E-state index in [1.54, 1.807) is 7.05 Å². The van der Waals surface area contributed by atoms with Crippen molar-refractivity contribution in [1.29, 1.82) is 0 Å². The van der Waals surface area contributed by atoms with Gasteiger partial charge in [0.2, 0.25) is 10.0 Å². The number of likely N-dealkylation sites (tertiary alicyclic amines) is 1. The molecule has 3 aromatic rings. The number of amides is 1. The van der Waals surface area contributed by atoms with Crippen LogP contribution in [0.25, 0.3) is 0 Å². The number of aryl methyl sites for hydroxylation is 1. The van der Waals surface area contributed by atoms with Crippen molar-refractivity contribution in [2.75, 3.05) is 38.1 Å². The normalized spacial score (nSPS) is 20.3. The number of piperidine rings is 2. The van der Waals surface area contributed by atoms with Gasteiger partial charge in [0.25, 0.3) is 5.91 Å². The quantitative estimate of drug-likeness (QED) is 0.283. The molecule has 1 unspecified atom stereocenters. The third-order valence-corrected chi connectivity index (χ3v) is 12.5. The molecule has 7 nitrogen and oxygen atoms in total. The molecule has 3 heterocycles. The van der Waals surface area contributed by atoms with Gasteiger partial charge in [0, 0.05) is 56.9 Å². The van der Waals surface area contributed by atoms with Crippen LogP contribution in [0, 0.1) is 5.41 Å². The molecular formula is C31H33Cl3N4O3S. The van der Waals surface area contributed by atoms with Gasteiger partial charge in [-0.2, -0.15) is 4.31 Å². The standard InChI is InChI=1S/C31H33Cl3N4O3S/c1-36(42(40,41)29-20-26(33)25(32)19-27(29)34)28-5-4-21-2-3-22(18-24(21)28)30(39)38-16-10-31(11-17-38)8-14-37(15-9-31)23-6-12-35-13-7-23/h2-3,6-7,12-13,18-20,28H,4-5,8-11,14-17H2,1H3. The second-order valence-corrected chi connectivity index (χ2v) is 14.9. The lowest BCUT2D eigenvalue weighted by atomic mass is 9.71. The van der Waals surface area contributed by atoms with E-state index < -0.39 is 16.1 Å². The minimum absolute atomic E-state index is 0.00515. The molecule has 2 aromatic carbocycles. The molecule has 1 amide bonds. The molecule has 2 saturated heterocycles. The van der Waals surface area contributed by atoms with Gasteiger partial charge < -0.3 is 9.80 Å². The van der Waals surface area contributed by atoms with Crippen molar-refractivity contribution in [1.82, 2.24) is 14.2 Å². The van der Waals surface area contributed by atoms with Gasteiger partial charge in [0.1, 0.15) is 4.90 Å². The van der Waals surface area contributed by atoms with Gasteiger partial charge in [0.15, 0.2) is 0 Å². The molecule has 0 saturated carbocycles. The summed E-state index contributed by atoms with van der Waals surface area (Å²) in [5.74, 6) is 0.00515. The molecule has 222 valence electrons. The van der Waals surface area contributed by atoms with E-state index in [0.717, 1.165) is 69.4 Å². The molecule has 42 heavy (non-hydrogen) atoms. The Hall–Kier alpha value is -2.36. The number of hydrogen-bond acceptors (Lipinski definition) is 5. The summed E-state index contributed by atoms with van der Waals surface area (Å²) < 4.78 is 28.5. The number of rotatable bonds is 5. The third kappa shape index (κ3) is 5.52. The van der Waals surface area contributed by atoms with E-state index in [2.05, 4.69) is 22.0 Å². The number of nitrogens with zero attached hydrogens (tertiary/aromatic N) is 4. The van der Waals surface area contributed by atoms with Crippen molar-refractivity contribution in [2.45, 2.75) is 49.5 Å². The van der Waals surface area contributed by atoms with E-state index in [1.165, 1.54) is 22.1 Å². The Balaban J connectivity index is 1.13. The van der Waals surface area contributed by atoms with Crippen LogP contribution in [0.4, 0.5) is 5.69 Å². The van der Waals surface area contributed by atoms with Crippen LogP contribution < -0.4 is 4.90 Å². The second-order valence-electron chi connectivity index (χ2n) is 11.7. The molecule has 0 N–H and O–H groups in total. The highest BCUT2D eigenvalue weighted by atomic mass is 35.5. The van der Waals surface area contributed by atoms with Crippen molar-refractivity contribution in [3.8, 4) is 0 Å². The number of hydrogen-bond donors (Lipinski definition) is 0. The Morgan fingerprint density at radius 2 is 1.55 bits per heavy atom. The smallest absolute Gasteiger partial charge is 0.253 e. The predicted molar refractivity (Wildman–Crippen MR) is 167 cm³/mol. The van der Waals surface area contributed by atoms with Crippen molar-refractivity contribution in [2.24, 2.45) is 5.41 Å². The Morgan fingerprint density at radius 1 is 0.905 bits per heavy atom. The highest BCUT2D eigenvalue weighted by Gasteiger charge is 2.40. The van der Waals surface area contributed by atoms with Crippen molar-refractivity contribution < 1.29 is 13.2 Å². The monoisotopic (exact) mass is 646 g/mol. The summed E-state index contributed by atoms with van der Waals surface area (Å²) in [5.41, 5.74) is 4.02. The molecule has 1 aliphatic carbocycles. The maximum Gasteiger partial charge on any atom is 0.253 e. The zero-order valence-corrected chi connectivity index (χ0v) is 26.5. The van der Waals surface area contributed by atoms with E-state index in [-0.39, 0.29) is 31.3 Å². The first-order valence-corrected chi connectivity index (χ1v) is 16.9. The number of fused-ring (bicyclic) bond motifs is 1. The SMILES string of the molecule is CN(C1CCc2ccc(C(=O)N3CCC4(CC3)CCN(c3ccncc3)CC4)cc21)S(=O)(=O)c1cc(Cl)c(Cl)cc1Cl. The number of aromatic nitrogens is 1. The van der Waals surface area contributed by atoms with Crippen molar-refractivity contribution in [3.63, 3.8) is 0 Å². The number of sulfonamides is 1. The van der Waals surface area contributed by atoms with Gasteiger partial charge in [0.05, 0.1) is 21.1 Å². The Morgan fingerprint density at radius 3 is 2.24 bits per heavy atom. The average molecular weight is 648 g/mol. The molecule has 11 heteroatoms. The molecule has 1 aromatic heterocycles. The second kappa shape index (κ2) is 11.6. The molecule has 1 spiro atoms. The molecule has 2 aliphatic heterocycles. The van der Waals surface area contributed by atoms with Crippen LogP contribution in [0.5, 0.6) is 0 Å². The number of carbonyl (C=O) groups excluding carboxylic acids is 1. The predicted octanol–water partition coefficient (Wildman–Crippen LogP) is 6.87. The Labute approximate surface area is 262 Å². The zero-order chi connectivity index (χ0) is 29.6. The summed E-state index contributed by atoms with van der Waals surface area (Å²) in [6, 6.07) is 12.1. The number of anilines is 1. The fourth-order valence-corrected chi connectivity index (χ4v) is 9.12. The van der Waals surface area contributed by atoms with Crippen LogP contribution in [-0.2, 0) is 16.4 Å². The van der Waals surface area contributed by atoms with Gasteiger partial charge in [-0.3, -0.25) is 9.78 Å². The largest absolute Gasteiger partial charge is 0.371 e. The lowest BCUT2D eigenvalue weighted by molar-refractivity contribution is 0.0515. The Bertz CT molecular complexity index is 1600. The summed E-state index contributed by atoms with van der Waals surface area (Å²) in [7, 11) is -2.42. The van der Waals surface area contributed by atoms with Crippen LogP contribution in [0.1, 0.15) is 59.6 Å². The molecule has 6 rings (SSSR count). The summed E-state index contributed by atoms with van der Waals surface area (Å²) in [6.45, 7) is 3.51. The van der Waals surface area contributed by atoms with Crippen LogP contribution in [-0.4, -0.2) is 61.7 Å². The highest BCUT2D eigenvalue weighted by Crippen LogP contribution is 2.43. The minimum atomic E-state index is -3.97. The maximum atomic E-state index is 13.7. The molecule has 3 aliphatic rings. The van der Waals surface area contributed by atoms with E-state index in [0.29, 0.717) is 12.0 Å². The number of pyridine rings is 1. The van der Waals surface area contributed by atoms with E-state index in [9.17, 15) is 13.2 Å². The number of carbonyl (C=O) groups is 1. The number of halogens is 3. The van der Waals surface area contributed by atoms with Crippen LogP contribution >= 0.6 is 34.8 Å².